The van der Waals surface area contributed by atoms with E-state index in [1.807, 2.05) is 0 Å². The van der Waals surface area contributed by atoms with Crippen molar-refractivity contribution in [3.05, 3.63) is 63.6 Å². The maximum Gasteiger partial charge on any atom is 0.471 e. The van der Waals surface area contributed by atoms with E-state index in [1.54, 1.807) is 11.4 Å². The number of alkyl halides is 3. The molecule has 0 bridgehead atoms. The largest absolute Gasteiger partial charge is 0.471 e. The molecule has 0 aliphatic rings. The average Bonchev–Trinajstić information content (AvgIpc) is 2.55. The van der Waals surface area contributed by atoms with Gasteiger partial charge in [0.15, 0.2) is 0 Å². The Labute approximate surface area is 150 Å². The number of benzene rings is 2. The van der Waals surface area contributed by atoms with Crippen LogP contribution in [0.3, 0.4) is 0 Å². The molecule has 4 nitrogen and oxygen atoms in total. The van der Waals surface area contributed by atoms with E-state index in [2.05, 4.69) is 5.32 Å². The number of para-hydroxylation sites is 1. The predicted molar refractivity (Wildman–Crippen MR) is 88.8 cm³/mol. The zero-order valence-electron chi connectivity index (χ0n) is 12.5. The van der Waals surface area contributed by atoms with Crippen molar-refractivity contribution in [3.8, 4) is 0 Å². The van der Waals surface area contributed by atoms with Crippen molar-refractivity contribution in [1.29, 1.82) is 0 Å². The van der Waals surface area contributed by atoms with Crippen LogP contribution >= 0.6 is 23.2 Å². The van der Waals surface area contributed by atoms with Crippen LogP contribution < -0.4 is 10.6 Å². The topological polar surface area (TPSA) is 58.2 Å². The molecule has 0 saturated heterocycles. The van der Waals surface area contributed by atoms with Crippen LogP contribution in [0.15, 0.2) is 42.5 Å². The van der Waals surface area contributed by atoms with Crippen molar-refractivity contribution in [2.75, 3.05) is 5.32 Å². The van der Waals surface area contributed by atoms with Gasteiger partial charge in [-0.25, -0.2) is 0 Å². The number of amides is 2. The quantitative estimate of drug-likeness (QED) is 0.811. The van der Waals surface area contributed by atoms with Crippen LogP contribution in [-0.4, -0.2) is 18.0 Å². The molecular formula is C16H11Cl2F3N2O2. The molecule has 0 saturated carbocycles. The van der Waals surface area contributed by atoms with E-state index in [-0.39, 0.29) is 22.8 Å². The van der Waals surface area contributed by atoms with Gasteiger partial charge in [-0.1, -0.05) is 41.4 Å². The number of halogens is 5. The molecule has 0 heterocycles. The second-order valence-electron chi connectivity index (χ2n) is 4.92. The first-order valence-electron chi connectivity index (χ1n) is 6.88. The molecular weight excluding hydrogens is 380 g/mol. The van der Waals surface area contributed by atoms with Crippen molar-refractivity contribution in [2.45, 2.75) is 12.7 Å². The molecule has 2 amide bonds. The lowest BCUT2D eigenvalue weighted by atomic mass is 10.1. The summed E-state index contributed by atoms with van der Waals surface area (Å²) in [5, 5.41) is 4.81. The summed E-state index contributed by atoms with van der Waals surface area (Å²) < 4.78 is 37.1. The van der Waals surface area contributed by atoms with Gasteiger partial charge in [0, 0.05) is 17.8 Å². The lowest BCUT2D eigenvalue weighted by Crippen LogP contribution is -2.31. The van der Waals surface area contributed by atoms with Crippen LogP contribution in [0.1, 0.15) is 15.9 Å². The molecule has 0 aromatic heterocycles. The maximum absolute atomic E-state index is 12.4. The Morgan fingerprint density at radius 1 is 1.00 bits per heavy atom. The number of rotatable bonds is 4. The summed E-state index contributed by atoms with van der Waals surface area (Å²) in [7, 11) is 0. The molecule has 0 aliphatic heterocycles. The second-order valence-corrected chi connectivity index (χ2v) is 5.73. The van der Waals surface area contributed by atoms with Crippen molar-refractivity contribution in [1.82, 2.24) is 5.32 Å². The van der Waals surface area contributed by atoms with Gasteiger partial charge in [0.1, 0.15) is 0 Å². The monoisotopic (exact) mass is 390 g/mol. The van der Waals surface area contributed by atoms with Crippen molar-refractivity contribution < 1.29 is 22.8 Å². The minimum Gasteiger partial charge on any atom is -0.348 e. The molecule has 0 spiro atoms. The van der Waals surface area contributed by atoms with E-state index in [9.17, 15) is 22.8 Å². The van der Waals surface area contributed by atoms with E-state index in [0.29, 0.717) is 10.6 Å². The smallest absolute Gasteiger partial charge is 0.348 e. The summed E-state index contributed by atoms with van der Waals surface area (Å²) in [5.74, 6) is -2.58. The molecule has 0 unspecified atom stereocenters. The first-order valence-corrected chi connectivity index (χ1v) is 7.63. The fourth-order valence-corrected chi connectivity index (χ4v) is 2.20. The molecule has 2 N–H and O–H groups in total. The van der Waals surface area contributed by atoms with Crippen LogP contribution in [0.4, 0.5) is 18.9 Å². The summed E-state index contributed by atoms with van der Waals surface area (Å²) in [4.78, 5) is 23.2. The van der Waals surface area contributed by atoms with Crippen LogP contribution in [0.2, 0.25) is 10.0 Å². The molecule has 0 atom stereocenters. The number of carbonyl (C=O) groups excluding carboxylic acids is 2. The van der Waals surface area contributed by atoms with Crippen LogP contribution in [-0.2, 0) is 11.3 Å². The summed E-state index contributed by atoms with van der Waals surface area (Å²) in [5.41, 5.74) is 0.513. The fourth-order valence-electron chi connectivity index (χ4n) is 1.90. The highest BCUT2D eigenvalue weighted by molar-refractivity contribution is 6.42. The van der Waals surface area contributed by atoms with Gasteiger partial charge in [-0.2, -0.15) is 13.2 Å². The summed E-state index contributed by atoms with van der Waals surface area (Å²) in [6.07, 6.45) is -5.00. The van der Waals surface area contributed by atoms with Gasteiger partial charge in [-0.15, -0.1) is 0 Å². The van der Waals surface area contributed by atoms with Crippen LogP contribution in [0.5, 0.6) is 0 Å². The Morgan fingerprint density at radius 3 is 2.32 bits per heavy atom. The minimum absolute atomic E-state index is 0.0423. The van der Waals surface area contributed by atoms with E-state index >= 15 is 0 Å². The van der Waals surface area contributed by atoms with Crippen molar-refractivity contribution in [3.63, 3.8) is 0 Å². The number of hydrogen-bond acceptors (Lipinski definition) is 2. The molecule has 2 rings (SSSR count). The second kappa shape index (κ2) is 7.76. The van der Waals surface area contributed by atoms with E-state index in [4.69, 9.17) is 23.2 Å². The molecule has 132 valence electrons. The van der Waals surface area contributed by atoms with E-state index < -0.39 is 18.0 Å². The molecule has 9 heteroatoms. The summed E-state index contributed by atoms with van der Waals surface area (Å²) in [6, 6.07) is 10.1. The highest BCUT2D eigenvalue weighted by Crippen LogP contribution is 2.23. The molecule has 0 aliphatic carbocycles. The molecule has 0 fully saturated rings. The first-order chi connectivity index (χ1) is 11.7. The van der Waals surface area contributed by atoms with Gasteiger partial charge in [0.05, 0.1) is 10.0 Å². The lowest BCUT2D eigenvalue weighted by molar-refractivity contribution is -0.167. The Hall–Kier alpha value is -2.25. The fraction of sp³-hybridized carbons (Fsp3) is 0.125. The molecule has 2 aromatic carbocycles. The molecule has 25 heavy (non-hydrogen) atoms. The van der Waals surface area contributed by atoms with Gasteiger partial charge in [-0.3, -0.25) is 9.59 Å². The highest BCUT2D eigenvalue weighted by atomic mass is 35.5. The van der Waals surface area contributed by atoms with Gasteiger partial charge >= 0.3 is 12.1 Å². The number of hydrogen-bond donors (Lipinski definition) is 2. The maximum atomic E-state index is 12.4. The van der Waals surface area contributed by atoms with Gasteiger partial charge in [-0.05, 0) is 29.8 Å². The third kappa shape index (κ3) is 5.11. The predicted octanol–water partition coefficient (Wildman–Crippen LogP) is 4.42. The minimum atomic E-state index is -5.00. The first kappa shape index (κ1) is 19.1. The molecule has 2 aromatic rings. The Kier molecular flexibility index (Phi) is 5.92. The van der Waals surface area contributed by atoms with Crippen LogP contribution in [0.25, 0.3) is 0 Å². The Bertz CT molecular complexity index is 810. The van der Waals surface area contributed by atoms with Gasteiger partial charge in [0.2, 0.25) is 0 Å². The van der Waals surface area contributed by atoms with Crippen molar-refractivity contribution in [2.24, 2.45) is 0 Å². The third-order valence-corrected chi connectivity index (χ3v) is 3.88. The Morgan fingerprint density at radius 2 is 1.68 bits per heavy atom. The van der Waals surface area contributed by atoms with Crippen molar-refractivity contribution >= 4 is 40.7 Å². The standard InChI is InChI=1S/C16H11Cl2F3N2O2/c17-11-6-5-9(7-12(11)18)14(24)22-8-10-3-1-2-4-13(10)23-15(25)16(19,20)21/h1-7H,8H2,(H,22,24)(H,23,25). The van der Waals surface area contributed by atoms with E-state index in [1.165, 1.54) is 36.4 Å². The number of carbonyl (C=O) groups is 2. The average molecular weight is 391 g/mol. The summed E-state index contributed by atoms with van der Waals surface area (Å²) in [6.45, 7) is -0.0899. The zero-order chi connectivity index (χ0) is 18.6. The normalized spacial score (nSPS) is 11.1. The summed E-state index contributed by atoms with van der Waals surface area (Å²) >= 11 is 11.6. The third-order valence-electron chi connectivity index (χ3n) is 3.14. The van der Waals surface area contributed by atoms with Gasteiger partial charge in [0.25, 0.3) is 5.91 Å². The SMILES string of the molecule is O=C(NCc1ccccc1NC(=O)C(F)(F)F)c1ccc(Cl)c(Cl)c1. The number of anilines is 1. The highest BCUT2D eigenvalue weighted by Gasteiger charge is 2.38. The molecule has 0 radical (unpaired) electrons. The zero-order valence-corrected chi connectivity index (χ0v) is 14.0. The van der Waals surface area contributed by atoms with E-state index in [0.717, 1.165) is 0 Å². The van der Waals surface area contributed by atoms with Gasteiger partial charge < -0.3 is 10.6 Å². The van der Waals surface area contributed by atoms with Crippen LogP contribution in [0, 0.1) is 0 Å². The Balaban J connectivity index is 2.09. The number of nitrogens with one attached hydrogen (secondary N) is 2. The lowest BCUT2D eigenvalue weighted by Gasteiger charge is -2.13.